The number of hydrogen-bond donors (Lipinski definition) is 1. The van der Waals surface area contributed by atoms with E-state index >= 15 is 4.39 Å². The Balaban J connectivity index is 1.85. The van der Waals surface area contributed by atoms with Gasteiger partial charge in [0.05, 0.1) is 5.54 Å². The van der Waals surface area contributed by atoms with Crippen molar-refractivity contribution in [3.63, 3.8) is 0 Å². The van der Waals surface area contributed by atoms with Crippen molar-refractivity contribution in [1.29, 1.82) is 0 Å². The molecule has 2 aromatic heterocycles. The molecule has 1 fully saturated rings. The number of nitrogens with one attached hydrogen (secondary N) is 1. The molecule has 1 saturated heterocycles. The first-order chi connectivity index (χ1) is 14.8. The Hall–Kier alpha value is -3.19. The first kappa shape index (κ1) is 21.1. The summed E-state index contributed by atoms with van der Waals surface area (Å²) in [6, 6.07) is 8.20. The van der Waals surface area contributed by atoms with Gasteiger partial charge in [-0.25, -0.2) is 9.37 Å². The van der Waals surface area contributed by atoms with Gasteiger partial charge in [0, 0.05) is 42.3 Å². The van der Waals surface area contributed by atoms with Gasteiger partial charge in [-0.2, -0.15) is 0 Å². The van der Waals surface area contributed by atoms with E-state index in [4.69, 9.17) is 11.6 Å². The first-order valence-electron chi connectivity index (χ1n) is 9.87. The number of hydrogen-bond acceptors (Lipinski definition) is 4. The number of aromatic nitrogens is 2. The topological polar surface area (TPSA) is 67.2 Å². The average molecular weight is 441 g/mol. The predicted molar refractivity (Wildman–Crippen MR) is 120 cm³/mol. The Morgan fingerprint density at radius 3 is 2.84 bits per heavy atom. The van der Waals surface area contributed by atoms with Crippen LogP contribution in [0.1, 0.15) is 17.5 Å². The van der Waals surface area contributed by atoms with Gasteiger partial charge >= 0.3 is 0 Å². The fraction of sp³-hybridized carbons (Fsp3) is 0.261. The standard InChI is InChI=1S/C23H22ClFN4O2/c1-4-19(30)29-12-10-23(13-29,20-14(2)16(24)6-7-17(20)25)27-18-8-5-15-9-11-28(3)22(31)21(15)26-18/h4-9,11H,1,10,12-13H2,2-3H3,(H,26,27). The van der Waals surface area contributed by atoms with Crippen LogP contribution in [0.3, 0.4) is 0 Å². The lowest BCUT2D eigenvalue weighted by Crippen LogP contribution is -2.41. The highest BCUT2D eigenvalue weighted by Gasteiger charge is 2.44. The number of pyridine rings is 2. The quantitative estimate of drug-likeness (QED) is 0.627. The summed E-state index contributed by atoms with van der Waals surface area (Å²) in [5.74, 6) is -0.231. The largest absolute Gasteiger partial charge is 0.359 e. The lowest BCUT2D eigenvalue weighted by Gasteiger charge is -2.33. The fourth-order valence-corrected chi connectivity index (χ4v) is 4.41. The van der Waals surface area contributed by atoms with Gasteiger partial charge in [-0.1, -0.05) is 18.2 Å². The van der Waals surface area contributed by atoms with Gasteiger partial charge in [0.25, 0.3) is 5.56 Å². The Morgan fingerprint density at radius 2 is 2.10 bits per heavy atom. The monoisotopic (exact) mass is 440 g/mol. The molecule has 31 heavy (non-hydrogen) atoms. The van der Waals surface area contributed by atoms with Crippen LogP contribution in [-0.2, 0) is 17.4 Å². The van der Waals surface area contributed by atoms with Gasteiger partial charge in [0.15, 0.2) is 0 Å². The Labute approximate surface area is 184 Å². The van der Waals surface area contributed by atoms with Crippen molar-refractivity contribution in [2.75, 3.05) is 18.4 Å². The van der Waals surface area contributed by atoms with E-state index in [2.05, 4.69) is 16.9 Å². The smallest absolute Gasteiger partial charge is 0.276 e. The lowest BCUT2D eigenvalue weighted by atomic mass is 9.85. The van der Waals surface area contributed by atoms with Gasteiger partial charge in [0.1, 0.15) is 17.2 Å². The van der Waals surface area contributed by atoms with E-state index in [0.717, 1.165) is 0 Å². The average Bonchev–Trinajstić information content (AvgIpc) is 3.18. The van der Waals surface area contributed by atoms with Crippen LogP contribution in [0.2, 0.25) is 5.02 Å². The predicted octanol–water partition coefficient (Wildman–Crippen LogP) is 3.76. The van der Waals surface area contributed by atoms with E-state index in [9.17, 15) is 9.59 Å². The molecule has 4 rings (SSSR count). The fourth-order valence-electron chi connectivity index (χ4n) is 4.25. The number of anilines is 1. The minimum atomic E-state index is -0.960. The second kappa shape index (κ2) is 7.81. The van der Waals surface area contributed by atoms with Crippen LogP contribution in [0.25, 0.3) is 10.9 Å². The number of benzene rings is 1. The lowest BCUT2D eigenvalue weighted by molar-refractivity contribution is -0.125. The maximum Gasteiger partial charge on any atom is 0.276 e. The second-order valence-corrected chi connectivity index (χ2v) is 8.22. The molecule has 1 aromatic carbocycles. The summed E-state index contributed by atoms with van der Waals surface area (Å²) < 4.78 is 16.6. The molecule has 0 spiro atoms. The number of carbonyl (C=O) groups excluding carboxylic acids is 1. The maximum atomic E-state index is 15.1. The third kappa shape index (κ3) is 3.59. The zero-order chi connectivity index (χ0) is 22.3. The van der Waals surface area contributed by atoms with Crippen LogP contribution in [0.15, 0.2) is 54.0 Å². The molecule has 8 heteroatoms. The third-order valence-electron chi connectivity index (χ3n) is 5.88. The minimum Gasteiger partial charge on any atom is -0.359 e. The highest BCUT2D eigenvalue weighted by Crippen LogP contribution is 2.40. The molecule has 0 radical (unpaired) electrons. The number of likely N-dealkylation sites (tertiary alicyclic amines) is 1. The van der Waals surface area contributed by atoms with Crippen LogP contribution in [0.5, 0.6) is 0 Å². The summed E-state index contributed by atoms with van der Waals surface area (Å²) in [5.41, 5.74) is 0.111. The number of fused-ring (bicyclic) bond motifs is 1. The maximum absolute atomic E-state index is 15.1. The van der Waals surface area contributed by atoms with Crippen LogP contribution in [-0.4, -0.2) is 33.4 Å². The molecule has 6 nitrogen and oxygen atoms in total. The van der Waals surface area contributed by atoms with Crippen molar-refractivity contribution in [3.05, 3.63) is 81.5 Å². The number of carbonyl (C=O) groups is 1. The van der Waals surface area contributed by atoms with E-state index < -0.39 is 11.4 Å². The number of amides is 1. The molecule has 3 aromatic rings. The van der Waals surface area contributed by atoms with Crippen LogP contribution >= 0.6 is 11.6 Å². The zero-order valence-corrected chi connectivity index (χ0v) is 18.0. The number of rotatable bonds is 4. The molecule has 3 heterocycles. The number of nitrogens with zero attached hydrogens (tertiary/aromatic N) is 3. The summed E-state index contributed by atoms with van der Waals surface area (Å²) >= 11 is 6.32. The van der Waals surface area contributed by atoms with Crippen molar-refractivity contribution in [2.24, 2.45) is 7.05 Å². The Bertz CT molecular complexity index is 1270. The zero-order valence-electron chi connectivity index (χ0n) is 17.3. The summed E-state index contributed by atoms with van der Waals surface area (Å²) in [4.78, 5) is 30.9. The molecule has 0 aliphatic carbocycles. The summed E-state index contributed by atoms with van der Waals surface area (Å²) in [5, 5.41) is 4.49. The summed E-state index contributed by atoms with van der Waals surface area (Å²) in [6.07, 6.45) is 3.37. The normalized spacial score (nSPS) is 18.4. The van der Waals surface area contributed by atoms with E-state index in [1.165, 1.54) is 22.8 Å². The summed E-state index contributed by atoms with van der Waals surface area (Å²) in [7, 11) is 1.66. The van der Waals surface area contributed by atoms with Crippen molar-refractivity contribution in [1.82, 2.24) is 14.5 Å². The Morgan fingerprint density at radius 1 is 1.32 bits per heavy atom. The minimum absolute atomic E-state index is 0.211. The molecule has 1 amide bonds. The first-order valence-corrected chi connectivity index (χ1v) is 10.2. The Kier molecular flexibility index (Phi) is 5.31. The number of aryl methyl sites for hydroxylation is 1. The van der Waals surface area contributed by atoms with Gasteiger partial charge in [-0.15, -0.1) is 0 Å². The van der Waals surface area contributed by atoms with Crippen molar-refractivity contribution in [2.45, 2.75) is 18.9 Å². The SMILES string of the molecule is C=CC(=O)N1CCC(Nc2ccc3ccn(C)c(=O)c3n2)(c2c(F)ccc(Cl)c2C)C1. The van der Waals surface area contributed by atoms with Crippen molar-refractivity contribution < 1.29 is 9.18 Å². The highest BCUT2D eigenvalue weighted by molar-refractivity contribution is 6.31. The van der Waals surface area contributed by atoms with Crippen molar-refractivity contribution in [3.8, 4) is 0 Å². The van der Waals surface area contributed by atoms with Gasteiger partial charge in [0.2, 0.25) is 5.91 Å². The molecule has 1 aliphatic rings. The molecular weight excluding hydrogens is 419 g/mol. The van der Waals surface area contributed by atoms with Crippen LogP contribution < -0.4 is 10.9 Å². The van der Waals surface area contributed by atoms with E-state index in [-0.39, 0.29) is 18.0 Å². The molecular formula is C23H22ClFN4O2. The molecule has 1 aliphatic heterocycles. The molecule has 1 unspecified atom stereocenters. The van der Waals surface area contributed by atoms with E-state index in [0.29, 0.717) is 45.8 Å². The second-order valence-electron chi connectivity index (χ2n) is 7.82. The molecule has 160 valence electrons. The molecule has 0 bridgehead atoms. The summed E-state index contributed by atoms with van der Waals surface area (Å²) in [6.45, 7) is 5.94. The van der Waals surface area contributed by atoms with E-state index in [1.54, 1.807) is 37.2 Å². The van der Waals surface area contributed by atoms with Gasteiger partial charge in [-0.05, 0) is 55.3 Å². The van der Waals surface area contributed by atoms with Gasteiger partial charge < -0.3 is 14.8 Å². The molecule has 1 atom stereocenters. The molecule has 1 N–H and O–H groups in total. The third-order valence-corrected chi connectivity index (χ3v) is 6.29. The van der Waals surface area contributed by atoms with Crippen molar-refractivity contribution >= 4 is 34.2 Å². The van der Waals surface area contributed by atoms with Crippen LogP contribution in [0.4, 0.5) is 10.2 Å². The van der Waals surface area contributed by atoms with E-state index in [1.807, 2.05) is 6.07 Å². The highest BCUT2D eigenvalue weighted by atomic mass is 35.5. The van der Waals surface area contributed by atoms with Crippen LogP contribution in [0, 0.1) is 12.7 Å². The number of halogens is 2. The van der Waals surface area contributed by atoms with Gasteiger partial charge in [-0.3, -0.25) is 9.59 Å². The molecule has 0 saturated carbocycles.